The number of likely N-dealkylation sites (tertiary alicyclic amines) is 1. The molecule has 2 unspecified atom stereocenters. The Hall–Kier alpha value is -1.08. The van der Waals surface area contributed by atoms with Gasteiger partial charge in [-0.25, -0.2) is 8.42 Å². The largest absolute Gasteiger partial charge is 0.334 e. The lowest BCUT2D eigenvalue weighted by molar-refractivity contribution is -0.129. The lowest BCUT2D eigenvalue weighted by Gasteiger charge is -2.25. The van der Waals surface area contributed by atoms with E-state index < -0.39 is 14.3 Å². The molecule has 2 atom stereocenters. The first kappa shape index (κ1) is 15.3. The molecular weight excluding hydrogens is 302 g/mol. The molecule has 0 bridgehead atoms. The molecule has 1 amide bonds. The molecule has 6 nitrogen and oxygen atoms in total. The van der Waals surface area contributed by atoms with E-state index in [2.05, 4.69) is 5.10 Å². The van der Waals surface area contributed by atoms with Gasteiger partial charge in [0.25, 0.3) is 0 Å². The lowest BCUT2D eigenvalue weighted by atomic mass is 10.1. The van der Waals surface area contributed by atoms with E-state index in [1.165, 1.54) is 0 Å². The zero-order valence-electron chi connectivity index (χ0n) is 11.9. The molecule has 1 fully saturated rings. The number of aryl methyl sites for hydroxylation is 2. The summed E-state index contributed by atoms with van der Waals surface area (Å²) < 4.78 is 24.5. The van der Waals surface area contributed by atoms with Gasteiger partial charge < -0.3 is 4.90 Å². The Morgan fingerprint density at radius 3 is 2.40 bits per heavy atom. The highest BCUT2D eigenvalue weighted by molar-refractivity contribution is 8.14. The van der Waals surface area contributed by atoms with Crippen LogP contribution in [0.1, 0.15) is 36.3 Å². The maximum atomic E-state index is 12.1. The fourth-order valence-corrected chi connectivity index (χ4v) is 3.85. The Bertz CT molecular complexity index is 653. The molecule has 0 aliphatic carbocycles. The second-order valence-electron chi connectivity index (χ2n) is 5.23. The molecule has 8 heteroatoms. The third-order valence-electron chi connectivity index (χ3n) is 3.97. The van der Waals surface area contributed by atoms with Crippen molar-refractivity contribution in [2.45, 2.75) is 38.5 Å². The summed E-state index contributed by atoms with van der Waals surface area (Å²) in [5.41, 5.74) is 2.79. The minimum atomic E-state index is -3.71. The Labute approximate surface area is 123 Å². The van der Waals surface area contributed by atoms with Gasteiger partial charge in [-0.15, -0.1) is 0 Å². The maximum absolute atomic E-state index is 12.1. The topological polar surface area (TPSA) is 72.3 Å². The number of rotatable bonds is 3. The zero-order valence-corrected chi connectivity index (χ0v) is 13.5. The summed E-state index contributed by atoms with van der Waals surface area (Å²) in [6.07, 6.45) is -0.0471. The van der Waals surface area contributed by atoms with E-state index in [0.29, 0.717) is 0 Å². The predicted octanol–water partition coefficient (Wildman–Crippen LogP) is 1.27. The fourth-order valence-electron chi connectivity index (χ4n) is 2.81. The summed E-state index contributed by atoms with van der Waals surface area (Å²) in [6, 6.07) is -0.209. The molecule has 2 rings (SSSR count). The van der Waals surface area contributed by atoms with Gasteiger partial charge in [-0.05, 0) is 20.8 Å². The Morgan fingerprint density at radius 1 is 1.40 bits per heavy atom. The first-order valence-electron chi connectivity index (χ1n) is 6.36. The predicted molar refractivity (Wildman–Crippen MR) is 76.0 cm³/mol. The summed E-state index contributed by atoms with van der Waals surface area (Å²) in [5.74, 6) is -0.186. The summed E-state index contributed by atoms with van der Waals surface area (Å²) in [6.45, 7) is 5.84. The summed E-state index contributed by atoms with van der Waals surface area (Å²) in [5, 5.41) is 3.51. The van der Waals surface area contributed by atoms with E-state index in [0.717, 1.165) is 17.0 Å². The van der Waals surface area contributed by atoms with E-state index in [1.54, 1.807) is 9.58 Å². The zero-order chi connectivity index (χ0) is 15.2. The quantitative estimate of drug-likeness (QED) is 0.786. The molecule has 1 aliphatic heterocycles. The minimum absolute atomic E-state index is 0.0471. The van der Waals surface area contributed by atoms with Crippen molar-refractivity contribution in [1.29, 1.82) is 0 Å². The minimum Gasteiger partial charge on any atom is -0.334 e. The van der Waals surface area contributed by atoms with Gasteiger partial charge in [0, 0.05) is 42.0 Å². The summed E-state index contributed by atoms with van der Waals surface area (Å²) in [7, 11) is 3.50. The van der Waals surface area contributed by atoms with Crippen molar-refractivity contribution in [3.8, 4) is 0 Å². The molecule has 0 saturated carbocycles. The molecule has 1 aromatic heterocycles. The van der Waals surface area contributed by atoms with Crippen LogP contribution in [0.15, 0.2) is 0 Å². The van der Waals surface area contributed by atoms with Crippen LogP contribution >= 0.6 is 10.7 Å². The summed E-state index contributed by atoms with van der Waals surface area (Å²) >= 11 is 0. The number of aromatic nitrogens is 2. The standard InChI is InChI=1S/C12H18ClN3O3S/c1-7-12(8(2)15(4)14-7)9(3)16-6-10(5-11(16)17)20(13,18)19/h9-10H,5-6H2,1-4H3. The van der Waals surface area contributed by atoms with Gasteiger partial charge in [0.15, 0.2) is 0 Å². The monoisotopic (exact) mass is 319 g/mol. The SMILES string of the molecule is Cc1nn(C)c(C)c1C(C)N1CC(S(=O)(=O)Cl)CC1=O. The van der Waals surface area contributed by atoms with Crippen molar-refractivity contribution in [3.05, 3.63) is 17.0 Å². The van der Waals surface area contributed by atoms with Gasteiger partial charge in [0.1, 0.15) is 5.25 Å². The van der Waals surface area contributed by atoms with Gasteiger partial charge in [0.05, 0.1) is 11.7 Å². The van der Waals surface area contributed by atoms with Gasteiger partial charge in [-0.2, -0.15) is 5.10 Å². The molecule has 112 valence electrons. The van der Waals surface area contributed by atoms with Gasteiger partial charge in [-0.3, -0.25) is 9.48 Å². The van der Waals surface area contributed by atoms with Crippen LogP contribution in [0.2, 0.25) is 0 Å². The third kappa shape index (κ3) is 2.56. The summed E-state index contributed by atoms with van der Waals surface area (Å²) in [4.78, 5) is 13.6. The molecule has 0 spiro atoms. The van der Waals surface area contributed by atoms with Gasteiger partial charge in [-0.1, -0.05) is 0 Å². The van der Waals surface area contributed by atoms with Crippen molar-refractivity contribution in [2.24, 2.45) is 7.05 Å². The first-order chi connectivity index (χ1) is 9.12. The van der Waals surface area contributed by atoms with Crippen LogP contribution in [0.25, 0.3) is 0 Å². The molecule has 20 heavy (non-hydrogen) atoms. The third-order valence-corrected chi connectivity index (χ3v) is 5.84. The Kier molecular flexibility index (Phi) is 3.85. The Morgan fingerprint density at radius 2 is 2.00 bits per heavy atom. The number of hydrogen-bond donors (Lipinski definition) is 0. The average molecular weight is 320 g/mol. The molecular formula is C12H18ClN3O3S. The van der Waals surface area contributed by atoms with Crippen molar-refractivity contribution in [2.75, 3.05) is 6.54 Å². The number of carbonyl (C=O) groups is 1. The second kappa shape index (κ2) is 5.04. The van der Waals surface area contributed by atoms with Crippen LogP contribution in [-0.2, 0) is 20.9 Å². The smallest absolute Gasteiger partial charge is 0.237 e. The van der Waals surface area contributed by atoms with Crippen molar-refractivity contribution < 1.29 is 13.2 Å². The van der Waals surface area contributed by atoms with Gasteiger partial charge >= 0.3 is 0 Å². The first-order valence-corrected chi connectivity index (χ1v) is 8.73. The lowest BCUT2D eigenvalue weighted by Crippen LogP contribution is -2.30. The number of carbonyl (C=O) groups excluding carboxylic acids is 1. The van der Waals surface area contributed by atoms with Crippen LogP contribution in [0.3, 0.4) is 0 Å². The van der Waals surface area contributed by atoms with Crippen molar-refractivity contribution >= 4 is 25.6 Å². The number of amides is 1. The fraction of sp³-hybridized carbons (Fsp3) is 0.667. The molecule has 0 radical (unpaired) electrons. The maximum Gasteiger partial charge on any atom is 0.237 e. The van der Waals surface area contributed by atoms with Crippen LogP contribution in [0.5, 0.6) is 0 Å². The van der Waals surface area contributed by atoms with E-state index in [-0.39, 0.29) is 24.9 Å². The molecule has 2 heterocycles. The van der Waals surface area contributed by atoms with Crippen LogP contribution < -0.4 is 0 Å². The highest BCUT2D eigenvalue weighted by Gasteiger charge is 2.40. The Balaban J connectivity index is 2.31. The molecule has 1 aromatic rings. The molecule has 1 aliphatic rings. The van der Waals surface area contributed by atoms with Crippen LogP contribution in [-0.4, -0.2) is 40.8 Å². The highest BCUT2D eigenvalue weighted by Crippen LogP contribution is 2.32. The molecule has 1 saturated heterocycles. The number of nitrogens with zero attached hydrogens (tertiary/aromatic N) is 3. The van der Waals surface area contributed by atoms with E-state index in [1.807, 2.05) is 27.8 Å². The molecule has 0 N–H and O–H groups in total. The van der Waals surface area contributed by atoms with E-state index in [9.17, 15) is 13.2 Å². The highest BCUT2D eigenvalue weighted by atomic mass is 35.7. The second-order valence-corrected chi connectivity index (χ2v) is 8.14. The van der Waals surface area contributed by atoms with E-state index >= 15 is 0 Å². The van der Waals surface area contributed by atoms with Crippen molar-refractivity contribution in [1.82, 2.24) is 14.7 Å². The number of hydrogen-bond acceptors (Lipinski definition) is 4. The van der Waals surface area contributed by atoms with Gasteiger partial charge in [0.2, 0.25) is 15.0 Å². The average Bonchev–Trinajstić information content (AvgIpc) is 2.80. The van der Waals surface area contributed by atoms with Crippen LogP contribution in [0.4, 0.5) is 0 Å². The van der Waals surface area contributed by atoms with Crippen LogP contribution in [0, 0.1) is 13.8 Å². The van der Waals surface area contributed by atoms with Crippen molar-refractivity contribution in [3.63, 3.8) is 0 Å². The number of halogens is 1. The van der Waals surface area contributed by atoms with E-state index in [4.69, 9.17) is 10.7 Å². The molecule has 0 aromatic carbocycles. The normalized spacial score (nSPS) is 21.6.